The Morgan fingerprint density at radius 3 is 2.39 bits per heavy atom. The van der Waals surface area contributed by atoms with Gasteiger partial charge in [-0.15, -0.1) is 0 Å². The summed E-state index contributed by atoms with van der Waals surface area (Å²) in [7, 11) is 1.17. The number of nitrogens with zero attached hydrogens (tertiary/aromatic N) is 1. The summed E-state index contributed by atoms with van der Waals surface area (Å²) in [5.41, 5.74) is -0.634. The third kappa shape index (κ3) is 3.95. The SMILES string of the molecule is COC(=O)Cn1c(=O)oc2ccc(Oc3c(Cl)cc(C(F)(F)F)cc3Cl)cc21. The highest BCUT2D eigenvalue weighted by molar-refractivity contribution is 6.37. The number of alkyl halides is 3. The molecule has 6 nitrogen and oxygen atoms in total. The largest absolute Gasteiger partial charge is 0.468 e. The van der Waals surface area contributed by atoms with E-state index in [0.29, 0.717) is 12.1 Å². The lowest BCUT2D eigenvalue weighted by Crippen LogP contribution is -2.20. The van der Waals surface area contributed by atoms with Gasteiger partial charge in [-0.2, -0.15) is 13.2 Å². The van der Waals surface area contributed by atoms with E-state index >= 15 is 0 Å². The summed E-state index contributed by atoms with van der Waals surface area (Å²) in [6.07, 6.45) is -4.62. The number of benzene rings is 2. The molecule has 0 aliphatic carbocycles. The number of carbonyl (C=O) groups excluding carboxylic acids is 1. The molecule has 28 heavy (non-hydrogen) atoms. The lowest BCUT2D eigenvalue weighted by Gasteiger charge is -2.13. The van der Waals surface area contributed by atoms with Gasteiger partial charge in [-0.25, -0.2) is 4.79 Å². The fourth-order valence-corrected chi connectivity index (χ4v) is 2.95. The van der Waals surface area contributed by atoms with Crippen molar-refractivity contribution >= 4 is 40.3 Å². The predicted octanol–water partition coefficient (Wildman–Crippen LogP) is 4.89. The molecule has 2 aromatic carbocycles. The van der Waals surface area contributed by atoms with Crippen LogP contribution in [0.2, 0.25) is 10.0 Å². The van der Waals surface area contributed by atoms with Crippen LogP contribution in [0.5, 0.6) is 11.5 Å². The molecule has 0 aliphatic heterocycles. The highest BCUT2D eigenvalue weighted by Gasteiger charge is 2.32. The number of halogens is 5. The number of esters is 1. The summed E-state index contributed by atoms with van der Waals surface area (Å²) in [4.78, 5) is 23.4. The number of fused-ring (bicyclic) bond motifs is 1. The van der Waals surface area contributed by atoms with E-state index in [0.717, 1.165) is 4.57 Å². The molecule has 1 heterocycles. The smallest absolute Gasteiger partial charge is 0.420 e. The van der Waals surface area contributed by atoms with Gasteiger partial charge in [0.05, 0.1) is 28.2 Å². The molecule has 3 rings (SSSR count). The van der Waals surface area contributed by atoms with E-state index < -0.39 is 30.0 Å². The fourth-order valence-electron chi connectivity index (χ4n) is 2.39. The number of carbonyl (C=O) groups is 1. The Kier molecular flexibility index (Phi) is 5.31. The zero-order chi connectivity index (χ0) is 20.6. The van der Waals surface area contributed by atoms with Gasteiger partial charge in [0, 0.05) is 6.07 Å². The van der Waals surface area contributed by atoms with Crippen molar-refractivity contribution in [2.75, 3.05) is 7.11 Å². The molecular weight excluding hydrogens is 426 g/mol. The Bertz CT molecular complexity index is 1100. The molecule has 11 heteroatoms. The molecule has 148 valence electrons. The maximum atomic E-state index is 12.8. The van der Waals surface area contributed by atoms with Gasteiger partial charge in [0.25, 0.3) is 0 Å². The summed E-state index contributed by atoms with van der Waals surface area (Å²) < 4.78 is 54.5. The summed E-state index contributed by atoms with van der Waals surface area (Å²) in [6.45, 7) is -0.395. The Balaban J connectivity index is 2.00. The molecule has 0 saturated carbocycles. The van der Waals surface area contributed by atoms with Crippen molar-refractivity contribution in [3.05, 3.63) is 56.5 Å². The van der Waals surface area contributed by atoms with Crippen LogP contribution in [0.4, 0.5) is 13.2 Å². The highest BCUT2D eigenvalue weighted by Crippen LogP contribution is 2.41. The zero-order valence-electron chi connectivity index (χ0n) is 14.0. The lowest BCUT2D eigenvalue weighted by atomic mass is 10.2. The monoisotopic (exact) mass is 435 g/mol. The summed E-state index contributed by atoms with van der Waals surface area (Å²) in [5, 5.41) is -0.696. The van der Waals surface area contributed by atoms with Crippen LogP contribution < -0.4 is 10.5 Å². The Morgan fingerprint density at radius 2 is 1.82 bits per heavy atom. The normalized spacial score (nSPS) is 11.6. The first-order valence-electron chi connectivity index (χ1n) is 7.54. The van der Waals surface area contributed by atoms with Crippen molar-refractivity contribution in [1.29, 1.82) is 0 Å². The van der Waals surface area contributed by atoms with Crippen molar-refractivity contribution in [2.45, 2.75) is 12.7 Å². The molecule has 1 aromatic heterocycles. The molecule has 0 aliphatic rings. The van der Waals surface area contributed by atoms with E-state index in [1.807, 2.05) is 0 Å². The first-order chi connectivity index (χ1) is 13.1. The lowest BCUT2D eigenvalue weighted by molar-refractivity contribution is -0.141. The van der Waals surface area contributed by atoms with Gasteiger partial charge < -0.3 is 13.9 Å². The first kappa shape index (κ1) is 20.1. The second-order valence-corrected chi connectivity index (χ2v) is 6.34. The van der Waals surface area contributed by atoms with Gasteiger partial charge in [0.1, 0.15) is 12.3 Å². The molecule has 0 radical (unpaired) electrons. The van der Waals surface area contributed by atoms with Gasteiger partial charge >= 0.3 is 17.9 Å². The number of methoxy groups -OCH3 is 1. The number of oxazole rings is 1. The third-order valence-electron chi connectivity index (χ3n) is 3.70. The maximum Gasteiger partial charge on any atom is 0.420 e. The fraction of sp³-hybridized carbons (Fsp3) is 0.176. The molecule has 0 amide bonds. The Labute approximate surface area is 165 Å². The van der Waals surface area contributed by atoms with E-state index in [1.54, 1.807) is 0 Å². The van der Waals surface area contributed by atoms with Gasteiger partial charge in [-0.3, -0.25) is 9.36 Å². The maximum absolute atomic E-state index is 12.8. The first-order valence-corrected chi connectivity index (χ1v) is 8.30. The van der Waals surface area contributed by atoms with E-state index in [-0.39, 0.29) is 32.6 Å². The highest BCUT2D eigenvalue weighted by atomic mass is 35.5. The molecule has 0 N–H and O–H groups in total. The molecule has 0 unspecified atom stereocenters. The Hall–Kier alpha value is -2.65. The predicted molar refractivity (Wildman–Crippen MR) is 94.0 cm³/mol. The molecule has 0 bridgehead atoms. The summed E-state index contributed by atoms with van der Waals surface area (Å²) >= 11 is 11.8. The minimum Gasteiger partial charge on any atom is -0.468 e. The molecule has 0 fully saturated rings. The Morgan fingerprint density at radius 1 is 1.18 bits per heavy atom. The third-order valence-corrected chi connectivity index (χ3v) is 4.26. The van der Waals surface area contributed by atoms with Crippen LogP contribution in [0, 0.1) is 0 Å². The number of rotatable bonds is 4. The second kappa shape index (κ2) is 7.40. The van der Waals surface area contributed by atoms with Crippen LogP contribution in [-0.4, -0.2) is 17.6 Å². The minimum atomic E-state index is -4.62. The van der Waals surface area contributed by atoms with Crippen LogP contribution in [-0.2, 0) is 22.3 Å². The quantitative estimate of drug-likeness (QED) is 0.545. The molecular formula is C17H10Cl2F3NO5. The van der Waals surface area contributed by atoms with E-state index in [1.165, 1.54) is 25.3 Å². The van der Waals surface area contributed by atoms with E-state index in [4.69, 9.17) is 32.4 Å². The van der Waals surface area contributed by atoms with Crippen molar-refractivity contribution in [3.63, 3.8) is 0 Å². The number of hydrogen-bond acceptors (Lipinski definition) is 5. The zero-order valence-corrected chi connectivity index (χ0v) is 15.5. The van der Waals surface area contributed by atoms with Crippen molar-refractivity contribution in [2.24, 2.45) is 0 Å². The average molecular weight is 436 g/mol. The van der Waals surface area contributed by atoms with Gasteiger partial charge in [0.2, 0.25) is 0 Å². The number of aromatic nitrogens is 1. The number of hydrogen-bond donors (Lipinski definition) is 0. The molecule has 0 spiro atoms. The molecule has 3 aromatic rings. The summed E-state index contributed by atoms with van der Waals surface area (Å²) in [6, 6.07) is 5.52. The topological polar surface area (TPSA) is 70.7 Å². The van der Waals surface area contributed by atoms with Crippen LogP contribution in [0.3, 0.4) is 0 Å². The van der Waals surface area contributed by atoms with Crippen LogP contribution >= 0.6 is 23.2 Å². The number of ether oxygens (including phenoxy) is 2. The van der Waals surface area contributed by atoms with Gasteiger partial charge in [0.15, 0.2) is 11.3 Å². The van der Waals surface area contributed by atoms with Crippen molar-refractivity contribution in [3.8, 4) is 11.5 Å². The van der Waals surface area contributed by atoms with Crippen molar-refractivity contribution in [1.82, 2.24) is 4.57 Å². The minimum absolute atomic E-state index is 0.107. The van der Waals surface area contributed by atoms with Gasteiger partial charge in [-0.05, 0) is 24.3 Å². The van der Waals surface area contributed by atoms with Crippen LogP contribution in [0.1, 0.15) is 5.56 Å². The standard InChI is InChI=1S/C17H10Cl2F3NO5/c1-26-14(24)7-23-12-6-9(2-3-13(12)28-16(23)25)27-15-10(18)4-8(5-11(15)19)17(20,21)22/h2-6H,7H2,1H3. The van der Waals surface area contributed by atoms with E-state index in [2.05, 4.69) is 4.74 Å². The van der Waals surface area contributed by atoms with Crippen molar-refractivity contribution < 1.29 is 31.9 Å². The van der Waals surface area contributed by atoms with E-state index in [9.17, 15) is 22.8 Å². The van der Waals surface area contributed by atoms with Crippen LogP contribution in [0.25, 0.3) is 11.1 Å². The average Bonchev–Trinajstić information content (AvgIpc) is 2.92. The molecule has 0 atom stereocenters. The van der Waals surface area contributed by atoms with Gasteiger partial charge in [-0.1, -0.05) is 23.2 Å². The summed E-state index contributed by atoms with van der Waals surface area (Å²) in [5.74, 6) is -1.55. The second-order valence-electron chi connectivity index (χ2n) is 5.53. The van der Waals surface area contributed by atoms with Crippen LogP contribution in [0.15, 0.2) is 39.5 Å². The molecule has 0 saturated heterocycles.